The molecule has 0 aliphatic heterocycles. The van der Waals surface area contributed by atoms with E-state index in [2.05, 4.69) is 20.6 Å². The Morgan fingerprint density at radius 3 is 2.80 bits per heavy atom. The summed E-state index contributed by atoms with van der Waals surface area (Å²) in [5.74, 6) is 0.0273. The lowest BCUT2D eigenvalue weighted by atomic mass is 10.3. The molecule has 20 heavy (non-hydrogen) atoms. The Morgan fingerprint density at radius 1 is 1.35 bits per heavy atom. The van der Waals surface area contributed by atoms with Gasteiger partial charge in [0, 0.05) is 19.3 Å². The summed E-state index contributed by atoms with van der Waals surface area (Å²) in [5.41, 5.74) is 6.24. The number of fused-ring (bicyclic) bond motifs is 1. The van der Waals surface area contributed by atoms with E-state index >= 15 is 0 Å². The Kier molecular flexibility index (Phi) is 4.66. The van der Waals surface area contributed by atoms with E-state index in [4.69, 9.17) is 15.9 Å². The fraction of sp³-hybridized carbons (Fsp3) is 0.364. The van der Waals surface area contributed by atoms with Gasteiger partial charge in [0.05, 0.1) is 24.3 Å². The third kappa shape index (κ3) is 2.95. The van der Waals surface area contributed by atoms with Crippen molar-refractivity contribution in [3.8, 4) is 0 Å². The molecule has 2 heterocycles. The van der Waals surface area contributed by atoms with Crippen molar-refractivity contribution in [2.45, 2.75) is 0 Å². The van der Waals surface area contributed by atoms with Crippen molar-refractivity contribution in [3.05, 3.63) is 11.1 Å². The molecule has 0 spiro atoms. The third-order valence-corrected chi connectivity index (χ3v) is 3.60. The summed E-state index contributed by atoms with van der Waals surface area (Å²) in [6.07, 6.45) is 1.54. The van der Waals surface area contributed by atoms with Crippen LogP contribution in [0, 0.1) is 0 Å². The van der Waals surface area contributed by atoms with E-state index < -0.39 is 0 Å². The van der Waals surface area contributed by atoms with Crippen LogP contribution >= 0.6 is 11.3 Å². The average Bonchev–Trinajstić information content (AvgIpc) is 2.79. The van der Waals surface area contributed by atoms with Crippen LogP contribution in [0.4, 0.5) is 11.6 Å². The standard InChI is InChI=1S/C11H15N5O3S/c12-7-6-5-15-11(14-2-4-18)16-10(6)20-8(7)9(19)13-1-3-17/h5,17-18H,1-4,12H2,(H,13,19)(H,14,15,16). The van der Waals surface area contributed by atoms with Crippen molar-refractivity contribution in [3.63, 3.8) is 0 Å². The molecular weight excluding hydrogens is 282 g/mol. The lowest BCUT2D eigenvalue weighted by Gasteiger charge is -2.01. The molecule has 108 valence electrons. The van der Waals surface area contributed by atoms with E-state index in [0.717, 1.165) is 11.3 Å². The van der Waals surface area contributed by atoms with Gasteiger partial charge in [0.2, 0.25) is 5.95 Å². The van der Waals surface area contributed by atoms with E-state index in [0.29, 0.717) is 33.3 Å². The van der Waals surface area contributed by atoms with Crippen LogP contribution in [0.2, 0.25) is 0 Å². The maximum absolute atomic E-state index is 11.9. The Balaban J connectivity index is 2.29. The number of rotatable bonds is 6. The van der Waals surface area contributed by atoms with Gasteiger partial charge in [-0.05, 0) is 0 Å². The number of aliphatic hydroxyl groups is 2. The van der Waals surface area contributed by atoms with Gasteiger partial charge in [0.25, 0.3) is 5.91 Å². The highest BCUT2D eigenvalue weighted by molar-refractivity contribution is 7.21. The summed E-state index contributed by atoms with van der Waals surface area (Å²) in [6, 6.07) is 0. The first-order valence-electron chi connectivity index (χ1n) is 5.96. The van der Waals surface area contributed by atoms with Crippen LogP contribution < -0.4 is 16.4 Å². The normalized spacial score (nSPS) is 10.7. The number of hydrogen-bond acceptors (Lipinski definition) is 8. The van der Waals surface area contributed by atoms with Gasteiger partial charge in [0.1, 0.15) is 9.71 Å². The Bertz CT molecular complexity index is 615. The summed E-state index contributed by atoms with van der Waals surface area (Å²) in [6.45, 7) is 0.353. The summed E-state index contributed by atoms with van der Waals surface area (Å²) in [4.78, 5) is 21.1. The summed E-state index contributed by atoms with van der Waals surface area (Å²) >= 11 is 1.16. The number of carbonyl (C=O) groups excluding carboxylic acids is 1. The highest BCUT2D eigenvalue weighted by atomic mass is 32.1. The van der Waals surface area contributed by atoms with E-state index in [1.807, 2.05) is 0 Å². The van der Waals surface area contributed by atoms with Gasteiger partial charge >= 0.3 is 0 Å². The summed E-state index contributed by atoms with van der Waals surface area (Å²) in [7, 11) is 0. The largest absolute Gasteiger partial charge is 0.397 e. The van der Waals surface area contributed by atoms with Crippen LogP contribution in [0.3, 0.4) is 0 Å². The van der Waals surface area contributed by atoms with Crippen LogP contribution in [0.1, 0.15) is 9.67 Å². The van der Waals surface area contributed by atoms with Crippen molar-refractivity contribution in [2.75, 3.05) is 37.4 Å². The number of nitrogens with one attached hydrogen (secondary N) is 2. The second-order valence-corrected chi connectivity index (χ2v) is 4.89. The third-order valence-electron chi connectivity index (χ3n) is 2.49. The van der Waals surface area contributed by atoms with Gasteiger partial charge in [-0.1, -0.05) is 0 Å². The fourth-order valence-electron chi connectivity index (χ4n) is 1.57. The Labute approximate surface area is 118 Å². The number of thiophene rings is 1. The topological polar surface area (TPSA) is 133 Å². The summed E-state index contributed by atoms with van der Waals surface area (Å²) < 4.78 is 0. The van der Waals surface area contributed by atoms with Crippen molar-refractivity contribution < 1.29 is 15.0 Å². The number of nitrogens with two attached hydrogens (primary N) is 1. The minimum Gasteiger partial charge on any atom is -0.397 e. The van der Waals surface area contributed by atoms with E-state index in [1.165, 1.54) is 6.20 Å². The molecule has 0 fully saturated rings. The van der Waals surface area contributed by atoms with E-state index in [1.54, 1.807) is 0 Å². The number of aliphatic hydroxyl groups excluding tert-OH is 2. The number of hydrogen-bond donors (Lipinski definition) is 5. The predicted molar refractivity (Wildman–Crippen MR) is 76.8 cm³/mol. The second-order valence-electron chi connectivity index (χ2n) is 3.89. The average molecular weight is 297 g/mol. The van der Waals surface area contributed by atoms with Gasteiger partial charge < -0.3 is 26.6 Å². The molecule has 0 bridgehead atoms. The maximum atomic E-state index is 11.9. The minimum atomic E-state index is -0.343. The second kappa shape index (κ2) is 6.46. The van der Waals surface area contributed by atoms with Crippen LogP contribution in [0.25, 0.3) is 10.2 Å². The molecule has 2 rings (SSSR count). The van der Waals surface area contributed by atoms with E-state index in [-0.39, 0.29) is 25.7 Å². The van der Waals surface area contributed by atoms with Crippen molar-refractivity contribution in [1.82, 2.24) is 15.3 Å². The van der Waals surface area contributed by atoms with Gasteiger partial charge in [-0.15, -0.1) is 11.3 Å². The molecule has 0 saturated heterocycles. The highest BCUT2D eigenvalue weighted by Gasteiger charge is 2.17. The van der Waals surface area contributed by atoms with Crippen LogP contribution in [0.5, 0.6) is 0 Å². The molecule has 2 aromatic rings. The van der Waals surface area contributed by atoms with Gasteiger partial charge in [-0.2, -0.15) is 0 Å². The maximum Gasteiger partial charge on any atom is 0.263 e. The number of aromatic nitrogens is 2. The Morgan fingerprint density at radius 2 is 2.10 bits per heavy atom. The lowest BCUT2D eigenvalue weighted by Crippen LogP contribution is -2.26. The van der Waals surface area contributed by atoms with Crippen molar-refractivity contribution >= 4 is 39.1 Å². The zero-order valence-corrected chi connectivity index (χ0v) is 11.4. The van der Waals surface area contributed by atoms with Crippen molar-refractivity contribution in [2.24, 2.45) is 0 Å². The first-order chi connectivity index (χ1) is 9.67. The predicted octanol–water partition coefficient (Wildman–Crippen LogP) is -0.600. The summed E-state index contributed by atoms with van der Waals surface area (Å²) in [5, 5.41) is 23.4. The molecule has 0 saturated carbocycles. The molecule has 2 aromatic heterocycles. The Hall–Kier alpha value is -1.97. The highest BCUT2D eigenvalue weighted by Crippen LogP contribution is 2.32. The molecule has 0 aliphatic rings. The van der Waals surface area contributed by atoms with Crippen molar-refractivity contribution in [1.29, 1.82) is 0 Å². The number of anilines is 2. The molecule has 6 N–H and O–H groups in total. The SMILES string of the molecule is Nc1c(C(=O)NCCO)sc2nc(NCCO)ncc12. The quantitative estimate of drug-likeness (QED) is 0.480. The smallest absolute Gasteiger partial charge is 0.263 e. The van der Waals surface area contributed by atoms with E-state index in [9.17, 15) is 4.79 Å². The molecule has 0 atom stereocenters. The van der Waals surface area contributed by atoms with Gasteiger partial charge in [-0.25, -0.2) is 9.97 Å². The number of carbonyl (C=O) groups is 1. The van der Waals surface area contributed by atoms with Gasteiger partial charge in [0.15, 0.2) is 0 Å². The first-order valence-corrected chi connectivity index (χ1v) is 6.77. The molecule has 0 aromatic carbocycles. The van der Waals surface area contributed by atoms with Crippen LogP contribution in [-0.2, 0) is 0 Å². The first kappa shape index (κ1) is 14.4. The van der Waals surface area contributed by atoms with Gasteiger partial charge in [-0.3, -0.25) is 4.79 Å². The van der Waals surface area contributed by atoms with Crippen LogP contribution in [0.15, 0.2) is 6.20 Å². The molecule has 8 nitrogen and oxygen atoms in total. The fourth-order valence-corrected chi connectivity index (χ4v) is 2.56. The lowest BCUT2D eigenvalue weighted by molar-refractivity contribution is 0.0949. The molecule has 0 unspecified atom stereocenters. The number of nitrogens with zero attached hydrogens (tertiary/aromatic N) is 2. The molecule has 9 heteroatoms. The number of nitrogen functional groups attached to an aromatic ring is 1. The zero-order chi connectivity index (χ0) is 14.5. The minimum absolute atomic E-state index is 0.0250. The molecule has 0 aliphatic carbocycles. The number of amides is 1. The molecule has 0 radical (unpaired) electrons. The monoisotopic (exact) mass is 297 g/mol. The molecule has 1 amide bonds. The molecular formula is C11H15N5O3S. The zero-order valence-electron chi connectivity index (χ0n) is 10.6. The van der Waals surface area contributed by atoms with Crippen LogP contribution in [-0.4, -0.2) is 52.4 Å².